The molecular formula is C26H36FN7O. The predicted molar refractivity (Wildman–Crippen MR) is 137 cm³/mol. The Morgan fingerprint density at radius 2 is 1.97 bits per heavy atom. The highest BCUT2D eigenvalue weighted by Crippen LogP contribution is 2.32. The van der Waals surface area contributed by atoms with Crippen molar-refractivity contribution in [2.75, 3.05) is 43.1 Å². The topological polar surface area (TPSA) is 94.1 Å². The zero-order valence-electron chi connectivity index (χ0n) is 20.5. The Balaban J connectivity index is 1.47. The number of aromatic nitrogens is 4. The van der Waals surface area contributed by atoms with Crippen molar-refractivity contribution < 1.29 is 9.13 Å². The third-order valence-electron chi connectivity index (χ3n) is 7.20. The van der Waals surface area contributed by atoms with Gasteiger partial charge in [-0.1, -0.05) is 19.4 Å². The highest BCUT2D eigenvalue weighted by molar-refractivity contribution is 5.91. The van der Waals surface area contributed by atoms with Gasteiger partial charge in [0, 0.05) is 44.0 Å². The van der Waals surface area contributed by atoms with Gasteiger partial charge in [-0.15, -0.1) is 0 Å². The van der Waals surface area contributed by atoms with E-state index in [0.717, 1.165) is 73.9 Å². The first-order valence-corrected chi connectivity index (χ1v) is 13.0. The maximum Gasteiger partial charge on any atom is 0.224 e. The number of nitrogens with two attached hydrogens (primary N) is 1. The number of benzene rings is 1. The Bertz CT molecular complexity index is 1140. The van der Waals surface area contributed by atoms with Gasteiger partial charge in [-0.2, -0.15) is 10.1 Å². The summed E-state index contributed by atoms with van der Waals surface area (Å²) in [7, 11) is 0. The summed E-state index contributed by atoms with van der Waals surface area (Å²) >= 11 is 0. The maximum absolute atomic E-state index is 15.2. The number of nitrogens with zero attached hydrogens (tertiary/aromatic N) is 5. The van der Waals surface area contributed by atoms with Crippen LogP contribution in [0, 0.1) is 11.7 Å². The van der Waals surface area contributed by atoms with E-state index in [1.54, 1.807) is 6.07 Å². The van der Waals surface area contributed by atoms with Crippen LogP contribution in [0.25, 0.3) is 22.3 Å². The second-order valence-electron chi connectivity index (χ2n) is 9.79. The second kappa shape index (κ2) is 10.9. The van der Waals surface area contributed by atoms with Gasteiger partial charge in [-0.05, 0) is 50.2 Å². The summed E-state index contributed by atoms with van der Waals surface area (Å²) in [5, 5.41) is 9.11. The molecule has 1 saturated carbocycles. The van der Waals surface area contributed by atoms with Crippen LogP contribution < -0.4 is 16.0 Å². The molecule has 3 N–H and O–H groups in total. The van der Waals surface area contributed by atoms with Crippen LogP contribution in [0.1, 0.15) is 45.4 Å². The van der Waals surface area contributed by atoms with Gasteiger partial charge in [-0.3, -0.25) is 0 Å². The van der Waals surface area contributed by atoms with Gasteiger partial charge in [0.1, 0.15) is 11.5 Å². The summed E-state index contributed by atoms with van der Waals surface area (Å²) in [5.41, 5.74) is 8.99. The van der Waals surface area contributed by atoms with Crippen molar-refractivity contribution in [1.82, 2.24) is 19.7 Å². The SMILES string of the molecule is CCCCNc1ncc2c(-c3ccc(N4CCOCC4)c(F)c3)nn(CC3CCC(N)CC3)c2n1. The van der Waals surface area contributed by atoms with E-state index in [4.69, 9.17) is 20.6 Å². The average molecular weight is 482 g/mol. The molecule has 188 valence electrons. The van der Waals surface area contributed by atoms with Crippen molar-refractivity contribution in [3.63, 3.8) is 0 Å². The van der Waals surface area contributed by atoms with Crippen molar-refractivity contribution in [1.29, 1.82) is 0 Å². The highest BCUT2D eigenvalue weighted by Gasteiger charge is 2.23. The second-order valence-corrected chi connectivity index (χ2v) is 9.79. The summed E-state index contributed by atoms with van der Waals surface area (Å²) in [5.74, 6) is 0.878. The molecule has 5 rings (SSSR count). The van der Waals surface area contributed by atoms with Crippen LogP contribution in [0.2, 0.25) is 0 Å². The molecule has 35 heavy (non-hydrogen) atoms. The lowest BCUT2D eigenvalue weighted by Crippen LogP contribution is -2.36. The van der Waals surface area contributed by atoms with E-state index < -0.39 is 0 Å². The average Bonchev–Trinajstić information content (AvgIpc) is 3.23. The van der Waals surface area contributed by atoms with E-state index in [0.29, 0.717) is 49.9 Å². The highest BCUT2D eigenvalue weighted by atomic mass is 19.1. The lowest BCUT2D eigenvalue weighted by atomic mass is 9.86. The number of rotatable bonds is 8. The quantitative estimate of drug-likeness (QED) is 0.466. The van der Waals surface area contributed by atoms with Crippen molar-refractivity contribution in [3.05, 3.63) is 30.2 Å². The van der Waals surface area contributed by atoms with Crippen LogP contribution in [0.5, 0.6) is 0 Å². The summed E-state index contributed by atoms with van der Waals surface area (Å²) < 4.78 is 22.6. The molecule has 1 aliphatic heterocycles. The normalized spacial score (nSPS) is 20.9. The number of ether oxygens (including phenoxy) is 1. The molecule has 0 amide bonds. The first-order valence-electron chi connectivity index (χ1n) is 13.0. The van der Waals surface area contributed by atoms with Crippen molar-refractivity contribution in [2.45, 2.75) is 58.0 Å². The molecule has 8 nitrogen and oxygen atoms in total. The molecule has 2 aliphatic rings. The molecular weight excluding hydrogens is 445 g/mol. The number of nitrogens with one attached hydrogen (secondary N) is 1. The van der Waals surface area contributed by atoms with Gasteiger partial charge in [0.15, 0.2) is 5.65 Å². The number of fused-ring (bicyclic) bond motifs is 1. The summed E-state index contributed by atoms with van der Waals surface area (Å²) in [4.78, 5) is 11.4. The van der Waals surface area contributed by atoms with Gasteiger partial charge < -0.3 is 20.7 Å². The summed E-state index contributed by atoms with van der Waals surface area (Å²) in [6.07, 6.45) is 8.25. The number of hydrogen-bond donors (Lipinski definition) is 2. The smallest absolute Gasteiger partial charge is 0.224 e. The molecule has 1 saturated heterocycles. The van der Waals surface area contributed by atoms with Crippen molar-refractivity contribution in [2.24, 2.45) is 11.7 Å². The lowest BCUT2D eigenvalue weighted by molar-refractivity contribution is 0.122. The van der Waals surface area contributed by atoms with Crippen LogP contribution >= 0.6 is 0 Å². The van der Waals surface area contributed by atoms with E-state index in [2.05, 4.69) is 17.2 Å². The van der Waals surface area contributed by atoms with Crippen LogP contribution in [0.3, 0.4) is 0 Å². The van der Waals surface area contributed by atoms with Crippen LogP contribution in [-0.4, -0.2) is 58.6 Å². The summed E-state index contributed by atoms with van der Waals surface area (Å²) in [6.45, 7) is 6.40. The van der Waals surface area contributed by atoms with E-state index in [1.807, 2.05) is 27.9 Å². The third kappa shape index (κ3) is 5.41. The first kappa shape index (κ1) is 23.9. The minimum Gasteiger partial charge on any atom is -0.378 e. The molecule has 0 bridgehead atoms. The molecule has 0 atom stereocenters. The van der Waals surface area contributed by atoms with E-state index in [9.17, 15) is 0 Å². The monoisotopic (exact) mass is 481 g/mol. The fraction of sp³-hybridized carbons (Fsp3) is 0.577. The molecule has 0 unspecified atom stereocenters. The Morgan fingerprint density at radius 3 is 2.71 bits per heavy atom. The maximum atomic E-state index is 15.2. The molecule has 2 aromatic heterocycles. The van der Waals surface area contributed by atoms with Crippen LogP contribution in [0.4, 0.5) is 16.0 Å². The zero-order chi connectivity index (χ0) is 24.2. The number of halogens is 1. The van der Waals surface area contributed by atoms with E-state index in [-0.39, 0.29) is 5.82 Å². The standard InChI is InChI=1S/C26H36FN7O/c1-2-3-10-29-26-30-16-21-24(19-6-9-23(22(27)15-19)33-11-13-35-14-12-33)32-34(25(21)31-26)17-18-4-7-20(28)8-5-18/h6,9,15-16,18,20H,2-5,7-8,10-14,17,28H2,1H3,(H,29,30,31). The predicted octanol–water partition coefficient (Wildman–Crippen LogP) is 4.20. The van der Waals surface area contributed by atoms with Crippen molar-refractivity contribution >= 4 is 22.7 Å². The molecule has 1 aliphatic carbocycles. The Morgan fingerprint density at radius 1 is 1.17 bits per heavy atom. The minimum atomic E-state index is -0.243. The first-order chi connectivity index (χ1) is 17.1. The van der Waals surface area contributed by atoms with Crippen LogP contribution in [-0.2, 0) is 11.3 Å². The largest absolute Gasteiger partial charge is 0.378 e. The number of anilines is 2. The van der Waals surface area contributed by atoms with Gasteiger partial charge in [-0.25, -0.2) is 14.1 Å². The molecule has 0 spiro atoms. The van der Waals surface area contributed by atoms with Gasteiger partial charge >= 0.3 is 0 Å². The number of unbranched alkanes of at least 4 members (excludes halogenated alkanes) is 1. The molecule has 2 fully saturated rings. The zero-order valence-corrected chi connectivity index (χ0v) is 20.5. The molecule has 0 radical (unpaired) electrons. The third-order valence-corrected chi connectivity index (χ3v) is 7.20. The Labute approximate surface area is 206 Å². The van der Waals surface area contributed by atoms with Crippen LogP contribution in [0.15, 0.2) is 24.4 Å². The van der Waals surface area contributed by atoms with Gasteiger partial charge in [0.05, 0.1) is 24.3 Å². The Hall–Kier alpha value is -2.78. The number of hydrogen-bond acceptors (Lipinski definition) is 7. The van der Waals surface area contributed by atoms with E-state index in [1.165, 1.54) is 0 Å². The molecule has 9 heteroatoms. The fourth-order valence-corrected chi connectivity index (χ4v) is 5.09. The lowest BCUT2D eigenvalue weighted by Gasteiger charge is -2.29. The fourth-order valence-electron chi connectivity index (χ4n) is 5.09. The molecule has 1 aromatic carbocycles. The van der Waals surface area contributed by atoms with E-state index >= 15 is 4.39 Å². The van der Waals surface area contributed by atoms with Gasteiger partial charge in [0.2, 0.25) is 5.95 Å². The molecule has 3 heterocycles. The molecule has 3 aromatic rings. The Kier molecular flexibility index (Phi) is 7.43. The van der Waals surface area contributed by atoms with Gasteiger partial charge in [0.25, 0.3) is 0 Å². The number of morpholine rings is 1. The van der Waals surface area contributed by atoms with Crippen molar-refractivity contribution in [3.8, 4) is 11.3 Å². The minimum absolute atomic E-state index is 0.243. The summed E-state index contributed by atoms with van der Waals surface area (Å²) in [6, 6.07) is 5.70.